The third-order valence-corrected chi connectivity index (χ3v) is 5.79. The molecule has 3 rings (SSSR count). The number of benzene rings is 2. The van der Waals surface area contributed by atoms with E-state index in [9.17, 15) is 14.9 Å². The van der Waals surface area contributed by atoms with Gasteiger partial charge in [-0.1, -0.05) is 29.8 Å². The van der Waals surface area contributed by atoms with Gasteiger partial charge in [0.15, 0.2) is 0 Å². The summed E-state index contributed by atoms with van der Waals surface area (Å²) in [6, 6.07) is 12.0. The zero-order valence-corrected chi connectivity index (χ0v) is 17.4. The van der Waals surface area contributed by atoms with Gasteiger partial charge in [0.1, 0.15) is 5.69 Å². The molecule has 0 atom stereocenters. The standard InChI is InChI=1S/C21H25ClN4O3/c1-24-11-9-17(10-12-24)25(2)21(27)15-7-8-19(20(13-15)26(28)29)23-14-16-5-3-4-6-18(16)22/h3-8,13,17,23H,9-12,14H2,1-2H3. The largest absolute Gasteiger partial charge is 0.375 e. The summed E-state index contributed by atoms with van der Waals surface area (Å²) in [4.78, 5) is 28.0. The number of carbonyl (C=O) groups is 1. The highest BCUT2D eigenvalue weighted by Gasteiger charge is 2.26. The van der Waals surface area contributed by atoms with Crippen LogP contribution in [-0.2, 0) is 6.54 Å². The van der Waals surface area contributed by atoms with Crippen LogP contribution in [0.2, 0.25) is 5.02 Å². The van der Waals surface area contributed by atoms with E-state index in [0.717, 1.165) is 31.5 Å². The summed E-state index contributed by atoms with van der Waals surface area (Å²) >= 11 is 6.15. The van der Waals surface area contributed by atoms with E-state index in [-0.39, 0.29) is 17.6 Å². The van der Waals surface area contributed by atoms with Crippen molar-refractivity contribution in [3.05, 3.63) is 68.7 Å². The highest BCUT2D eigenvalue weighted by atomic mass is 35.5. The van der Waals surface area contributed by atoms with E-state index in [0.29, 0.717) is 22.8 Å². The molecule has 1 fully saturated rings. The van der Waals surface area contributed by atoms with Gasteiger partial charge in [-0.25, -0.2) is 0 Å². The Kier molecular flexibility index (Phi) is 6.71. The van der Waals surface area contributed by atoms with E-state index in [2.05, 4.69) is 17.3 Å². The van der Waals surface area contributed by atoms with Crippen molar-refractivity contribution in [2.45, 2.75) is 25.4 Å². The van der Waals surface area contributed by atoms with Crippen molar-refractivity contribution < 1.29 is 9.72 Å². The monoisotopic (exact) mass is 416 g/mol. The Labute approximate surface area is 175 Å². The highest BCUT2D eigenvalue weighted by Crippen LogP contribution is 2.28. The summed E-state index contributed by atoms with van der Waals surface area (Å²) in [6.45, 7) is 2.23. The van der Waals surface area contributed by atoms with Crippen LogP contribution >= 0.6 is 11.6 Å². The fourth-order valence-corrected chi connectivity index (χ4v) is 3.75. The summed E-state index contributed by atoms with van der Waals surface area (Å²) in [5.74, 6) is -0.194. The number of carbonyl (C=O) groups excluding carboxylic acids is 1. The molecule has 1 aliphatic rings. The lowest BCUT2D eigenvalue weighted by atomic mass is 10.0. The topological polar surface area (TPSA) is 78.7 Å². The van der Waals surface area contributed by atoms with E-state index in [1.165, 1.54) is 6.07 Å². The van der Waals surface area contributed by atoms with E-state index in [4.69, 9.17) is 11.6 Å². The molecule has 1 saturated heterocycles. The van der Waals surface area contributed by atoms with Crippen LogP contribution in [-0.4, -0.2) is 53.9 Å². The molecule has 154 valence electrons. The van der Waals surface area contributed by atoms with Crippen molar-refractivity contribution >= 4 is 28.9 Å². The van der Waals surface area contributed by atoms with Crippen molar-refractivity contribution in [2.24, 2.45) is 0 Å². The van der Waals surface area contributed by atoms with Gasteiger partial charge in [0, 0.05) is 36.3 Å². The molecule has 0 bridgehead atoms. The molecule has 1 heterocycles. The maximum atomic E-state index is 12.9. The Morgan fingerprint density at radius 2 is 1.97 bits per heavy atom. The summed E-state index contributed by atoms with van der Waals surface area (Å²) in [5, 5.41) is 15.2. The molecular weight excluding hydrogens is 392 g/mol. The number of nitrogens with one attached hydrogen (secondary N) is 1. The van der Waals surface area contributed by atoms with Crippen molar-refractivity contribution in [1.82, 2.24) is 9.80 Å². The molecule has 0 unspecified atom stereocenters. The van der Waals surface area contributed by atoms with Crippen LogP contribution in [0.4, 0.5) is 11.4 Å². The normalized spacial score (nSPS) is 15.1. The molecule has 2 aromatic rings. The second-order valence-electron chi connectivity index (χ2n) is 7.38. The molecule has 8 heteroatoms. The first-order valence-corrected chi connectivity index (χ1v) is 9.96. The lowest BCUT2D eigenvalue weighted by Crippen LogP contribution is -2.44. The molecule has 0 spiro atoms. The van der Waals surface area contributed by atoms with Gasteiger partial charge in [-0.3, -0.25) is 14.9 Å². The predicted octanol–water partition coefficient (Wildman–Crippen LogP) is 4.03. The summed E-state index contributed by atoms with van der Waals surface area (Å²) in [5.41, 5.74) is 1.39. The first kappa shape index (κ1) is 21.1. The molecule has 1 amide bonds. The van der Waals surface area contributed by atoms with Gasteiger partial charge in [-0.15, -0.1) is 0 Å². The van der Waals surface area contributed by atoms with E-state index < -0.39 is 4.92 Å². The minimum atomic E-state index is -0.471. The Morgan fingerprint density at radius 1 is 1.28 bits per heavy atom. The minimum absolute atomic E-state index is 0.125. The fraction of sp³-hybridized carbons (Fsp3) is 0.381. The smallest absolute Gasteiger partial charge is 0.293 e. The number of nitro groups is 1. The average Bonchev–Trinajstić information content (AvgIpc) is 2.72. The van der Waals surface area contributed by atoms with Crippen LogP contribution in [0.3, 0.4) is 0 Å². The summed E-state index contributed by atoms with van der Waals surface area (Å²) in [6.07, 6.45) is 1.80. The molecule has 0 radical (unpaired) electrons. The maximum absolute atomic E-state index is 12.9. The van der Waals surface area contributed by atoms with Crippen molar-refractivity contribution in [3.8, 4) is 0 Å². The molecule has 29 heavy (non-hydrogen) atoms. The predicted molar refractivity (Wildman–Crippen MR) is 114 cm³/mol. The zero-order valence-electron chi connectivity index (χ0n) is 16.6. The second kappa shape index (κ2) is 9.24. The molecule has 1 N–H and O–H groups in total. The van der Waals surface area contributed by atoms with E-state index in [1.54, 1.807) is 30.1 Å². The number of nitro benzene ring substituents is 1. The second-order valence-corrected chi connectivity index (χ2v) is 7.79. The Morgan fingerprint density at radius 3 is 2.62 bits per heavy atom. The molecular formula is C21H25ClN4O3. The number of piperidine rings is 1. The van der Waals surface area contributed by atoms with Gasteiger partial charge in [-0.2, -0.15) is 0 Å². The Hall–Kier alpha value is -2.64. The highest BCUT2D eigenvalue weighted by molar-refractivity contribution is 6.31. The number of hydrogen-bond acceptors (Lipinski definition) is 5. The first-order valence-electron chi connectivity index (χ1n) is 9.58. The van der Waals surface area contributed by atoms with Crippen molar-refractivity contribution in [1.29, 1.82) is 0 Å². The third-order valence-electron chi connectivity index (χ3n) is 5.42. The number of likely N-dealkylation sites (tertiary alicyclic amines) is 1. The van der Waals surface area contributed by atoms with E-state index >= 15 is 0 Å². The molecule has 0 aromatic heterocycles. The average molecular weight is 417 g/mol. The van der Waals surface area contributed by atoms with E-state index in [1.807, 2.05) is 18.2 Å². The van der Waals surface area contributed by atoms with Crippen LogP contribution in [0.25, 0.3) is 0 Å². The van der Waals surface area contributed by atoms with Gasteiger partial charge in [0.05, 0.1) is 4.92 Å². The van der Waals surface area contributed by atoms with Crippen LogP contribution in [0.1, 0.15) is 28.8 Å². The van der Waals surface area contributed by atoms with Gasteiger partial charge >= 0.3 is 0 Å². The van der Waals surface area contributed by atoms with Gasteiger partial charge in [0.25, 0.3) is 11.6 Å². The van der Waals surface area contributed by atoms with Crippen LogP contribution in [0.15, 0.2) is 42.5 Å². The number of halogens is 1. The Bertz CT molecular complexity index is 897. The molecule has 0 aliphatic carbocycles. The molecule has 1 aliphatic heterocycles. The van der Waals surface area contributed by atoms with Crippen LogP contribution in [0, 0.1) is 10.1 Å². The van der Waals surface area contributed by atoms with Gasteiger partial charge in [0.2, 0.25) is 0 Å². The third kappa shape index (κ3) is 5.05. The van der Waals surface area contributed by atoms with Gasteiger partial charge < -0.3 is 15.1 Å². The first-order chi connectivity index (χ1) is 13.9. The van der Waals surface area contributed by atoms with Crippen LogP contribution in [0.5, 0.6) is 0 Å². The lowest BCUT2D eigenvalue weighted by Gasteiger charge is -2.35. The minimum Gasteiger partial charge on any atom is -0.375 e. The molecule has 2 aromatic carbocycles. The number of anilines is 1. The van der Waals surface area contributed by atoms with Crippen LogP contribution < -0.4 is 5.32 Å². The number of hydrogen-bond donors (Lipinski definition) is 1. The number of nitrogens with zero attached hydrogens (tertiary/aromatic N) is 3. The maximum Gasteiger partial charge on any atom is 0.293 e. The Balaban J connectivity index is 1.75. The summed E-state index contributed by atoms with van der Waals surface area (Å²) in [7, 11) is 3.84. The zero-order chi connectivity index (χ0) is 21.0. The number of amides is 1. The van der Waals surface area contributed by atoms with Crippen molar-refractivity contribution in [2.75, 3.05) is 32.5 Å². The lowest BCUT2D eigenvalue weighted by molar-refractivity contribution is -0.384. The fourth-order valence-electron chi connectivity index (χ4n) is 3.55. The number of rotatable bonds is 6. The summed E-state index contributed by atoms with van der Waals surface area (Å²) < 4.78 is 0. The SMILES string of the molecule is CN1CCC(N(C)C(=O)c2ccc(NCc3ccccc3Cl)c([N+](=O)[O-])c2)CC1. The molecule has 7 nitrogen and oxygen atoms in total. The quantitative estimate of drug-likeness (QED) is 0.568. The molecule has 0 saturated carbocycles. The van der Waals surface area contributed by atoms with Gasteiger partial charge in [-0.05, 0) is 56.7 Å². The van der Waals surface area contributed by atoms with Crippen molar-refractivity contribution in [3.63, 3.8) is 0 Å².